The molecule has 84 valence electrons. The second-order valence-corrected chi connectivity index (χ2v) is 8.14. The molecule has 2 rings (SSSR count). The van der Waals surface area contributed by atoms with Crippen molar-refractivity contribution in [3.8, 4) is 0 Å². The molecule has 0 fully saturated rings. The van der Waals surface area contributed by atoms with Crippen molar-refractivity contribution < 1.29 is 19.8 Å². The molecule has 0 aromatic heterocycles. The van der Waals surface area contributed by atoms with Crippen molar-refractivity contribution in [1.82, 2.24) is 0 Å². The Morgan fingerprint density at radius 1 is 0.875 bits per heavy atom. The van der Waals surface area contributed by atoms with Gasteiger partial charge < -0.3 is 0 Å². The molecule has 0 aliphatic rings. The van der Waals surface area contributed by atoms with E-state index in [-0.39, 0.29) is 19.8 Å². The van der Waals surface area contributed by atoms with Gasteiger partial charge in [-0.05, 0) is 0 Å². The first-order valence-corrected chi connectivity index (χ1v) is 10.5. The molecular formula is C13H13INS-. The number of hydrogen-bond acceptors (Lipinski definition) is 2. The van der Waals surface area contributed by atoms with Crippen molar-refractivity contribution in [2.24, 2.45) is 0 Å². The van der Waals surface area contributed by atoms with Crippen LogP contribution < -0.4 is 25.1 Å². The summed E-state index contributed by atoms with van der Waals surface area (Å²) in [6, 6.07) is 18.9. The predicted octanol–water partition coefficient (Wildman–Crippen LogP) is 1.16. The van der Waals surface area contributed by atoms with Gasteiger partial charge in [-0.2, -0.15) is 0 Å². The molecule has 0 aliphatic carbocycles. The summed E-state index contributed by atoms with van der Waals surface area (Å²) in [5, 5.41) is 3.37. The third-order valence-electron chi connectivity index (χ3n) is 2.08. The van der Waals surface area contributed by atoms with Crippen molar-refractivity contribution in [2.75, 3.05) is 10.2 Å². The molecule has 0 radical (unpaired) electrons. The Morgan fingerprint density at radius 2 is 1.50 bits per heavy atom. The van der Waals surface area contributed by atoms with E-state index in [2.05, 4.69) is 46.6 Å². The van der Waals surface area contributed by atoms with Gasteiger partial charge in [-0.1, -0.05) is 0 Å². The van der Waals surface area contributed by atoms with Crippen LogP contribution in [0.3, 0.4) is 0 Å². The van der Waals surface area contributed by atoms with Gasteiger partial charge in [0.1, 0.15) is 0 Å². The molecule has 3 heteroatoms. The Labute approximate surface area is 109 Å². The second kappa shape index (κ2) is 6.15. The standard InChI is InChI=1S/C13H13INS/c1-14-16-13-9-7-12(8-10-13)15-11-5-3-2-4-6-11/h2-10,15H,1H3/q-1. The molecule has 0 unspecified atom stereocenters. The molecule has 16 heavy (non-hydrogen) atoms. The summed E-state index contributed by atoms with van der Waals surface area (Å²) in [4.78, 5) is 3.65. The molecule has 1 N–H and O–H groups in total. The van der Waals surface area contributed by atoms with E-state index in [0.717, 1.165) is 11.4 Å². The Hall–Kier alpha value is -0.680. The first-order chi connectivity index (χ1) is 7.88. The van der Waals surface area contributed by atoms with E-state index >= 15 is 0 Å². The van der Waals surface area contributed by atoms with Crippen LogP contribution in [-0.2, 0) is 0 Å². The van der Waals surface area contributed by atoms with Crippen molar-refractivity contribution >= 4 is 20.3 Å². The van der Waals surface area contributed by atoms with Gasteiger partial charge in [0.15, 0.2) is 0 Å². The van der Waals surface area contributed by atoms with Crippen molar-refractivity contribution in [3.63, 3.8) is 0 Å². The third-order valence-corrected chi connectivity index (χ3v) is 5.53. The van der Waals surface area contributed by atoms with Gasteiger partial charge in [0, 0.05) is 0 Å². The van der Waals surface area contributed by atoms with Gasteiger partial charge in [0.05, 0.1) is 0 Å². The van der Waals surface area contributed by atoms with E-state index in [1.165, 1.54) is 4.90 Å². The normalized spacial score (nSPS) is 10.3. The Balaban J connectivity index is 2.05. The molecular weight excluding hydrogens is 329 g/mol. The fourth-order valence-corrected chi connectivity index (χ4v) is 4.19. The summed E-state index contributed by atoms with van der Waals surface area (Å²) in [6.45, 7) is 0. The zero-order chi connectivity index (χ0) is 11.2. The Morgan fingerprint density at radius 3 is 2.12 bits per heavy atom. The van der Waals surface area contributed by atoms with Crippen molar-refractivity contribution in [2.45, 2.75) is 4.90 Å². The monoisotopic (exact) mass is 342 g/mol. The van der Waals surface area contributed by atoms with Gasteiger partial charge in [0.2, 0.25) is 0 Å². The van der Waals surface area contributed by atoms with Crippen LogP contribution in [0.5, 0.6) is 0 Å². The molecule has 2 aromatic carbocycles. The zero-order valence-electron chi connectivity index (χ0n) is 8.98. The van der Waals surface area contributed by atoms with Crippen LogP contribution in [0.2, 0.25) is 0 Å². The Kier molecular flexibility index (Phi) is 4.54. The summed E-state index contributed by atoms with van der Waals surface area (Å²) in [6.07, 6.45) is 0. The minimum atomic E-state index is 0.266. The van der Waals surface area contributed by atoms with Crippen LogP contribution >= 0.6 is 8.93 Å². The second-order valence-electron chi connectivity index (χ2n) is 3.25. The van der Waals surface area contributed by atoms with E-state index < -0.39 is 0 Å². The third kappa shape index (κ3) is 3.42. The quantitative estimate of drug-likeness (QED) is 0.661. The molecule has 0 amide bonds. The number of para-hydroxylation sites is 1. The van der Waals surface area contributed by atoms with Crippen molar-refractivity contribution in [1.29, 1.82) is 0 Å². The van der Waals surface area contributed by atoms with Gasteiger partial charge in [-0.15, -0.1) is 0 Å². The molecule has 0 aliphatic heterocycles. The van der Waals surface area contributed by atoms with E-state index in [0.29, 0.717) is 0 Å². The maximum atomic E-state index is 3.37. The first kappa shape index (κ1) is 11.8. The molecule has 0 saturated carbocycles. The summed E-state index contributed by atoms with van der Waals surface area (Å²) in [7, 11) is 1.97. The summed E-state index contributed by atoms with van der Waals surface area (Å²) < 4.78 is 0. The molecule has 0 bridgehead atoms. The summed E-state index contributed by atoms with van der Waals surface area (Å²) in [5.41, 5.74) is 2.27. The first-order valence-electron chi connectivity index (χ1n) is 4.97. The number of nitrogens with one attached hydrogen (secondary N) is 1. The minimum absolute atomic E-state index is 0.266. The number of alkyl halides is 1. The van der Waals surface area contributed by atoms with Crippen LogP contribution in [-0.4, -0.2) is 4.93 Å². The Bertz CT molecular complexity index is 427. The van der Waals surface area contributed by atoms with Gasteiger partial charge in [0.25, 0.3) is 0 Å². The molecule has 0 spiro atoms. The molecule has 0 saturated heterocycles. The fraction of sp³-hybridized carbons (Fsp3) is 0.0769. The summed E-state index contributed by atoms with van der Waals surface area (Å²) >= 11 is 0.266. The average molecular weight is 342 g/mol. The van der Waals surface area contributed by atoms with Gasteiger partial charge in [-0.3, -0.25) is 0 Å². The number of halogens is 1. The van der Waals surface area contributed by atoms with Crippen LogP contribution in [0, 0.1) is 0 Å². The van der Waals surface area contributed by atoms with Gasteiger partial charge >= 0.3 is 110 Å². The number of benzene rings is 2. The van der Waals surface area contributed by atoms with E-state index in [1.807, 2.05) is 27.1 Å². The van der Waals surface area contributed by atoms with Crippen LogP contribution in [0.1, 0.15) is 0 Å². The van der Waals surface area contributed by atoms with Crippen LogP contribution in [0.4, 0.5) is 11.4 Å². The number of hydrogen-bond donors (Lipinski definition) is 1. The predicted molar refractivity (Wildman–Crippen MR) is 67.9 cm³/mol. The topological polar surface area (TPSA) is 12.0 Å². The molecule has 1 nitrogen and oxygen atoms in total. The van der Waals surface area contributed by atoms with Crippen molar-refractivity contribution in [3.05, 3.63) is 54.6 Å². The number of anilines is 2. The van der Waals surface area contributed by atoms with Gasteiger partial charge in [-0.25, -0.2) is 0 Å². The summed E-state index contributed by atoms with van der Waals surface area (Å²) in [5.74, 6) is 0. The SMILES string of the molecule is C[I-]Sc1ccc(Nc2ccccc2)cc1. The molecule has 0 atom stereocenters. The maximum absolute atomic E-state index is 3.37. The zero-order valence-corrected chi connectivity index (χ0v) is 12.0. The fourth-order valence-electron chi connectivity index (χ4n) is 1.37. The van der Waals surface area contributed by atoms with Crippen LogP contribution in [0.25, 0.3) is 0 Å². The van der Waals surface area contributed by atoms with Crippen LogP contribution in [0.15, 0.2) is 59.5 Å². The van der Waals surface area contributed by atoms with E-state index in [4.69, 9.17) is 0 Å². The van der Waals surface area contributed by atoms with E-state index in [1.54, 1.807) is 0 Å². The molecule has 0 heterocycles. The van der Waals surface area contributed by atoms with E-state index in [9.17, 15) is 0 Å². The number of rotatable bonds is 4. The molecule has 2 aromatic rings. The average Bonchev–Trinajstić information content (AvgIpc) is 2.33.